The van der Waals surface area contributed by atoms with E-state index < -0.39 is 5.82 Å². The predicted molar refractivity (Wildman–Crippen MR) is 102 cm³/mol. The van der Waals surface area contributed by atoms with Gasteiger partial charge in [-0.05, 0) is 42.5 Å². The summed E-state index contributed by atoms with van der Waals surface area (Å²) in [5.41, 5.74) is 7.73. The molecule has 0 aliphatic rings. The third-order valence-electron chi connectivity index (χ3n) is 4.24. The van der Waals surface area contributed by atoms with Gasteiger partial charge in [0.1, 0.15) is 23.4 Å². The summed E-state index contributed by atoms with van der Waals surface area (Å²) >= 11 is 0. The highest BCUT2D eigenvalue weighted by atomic mass is 19.1. The number of hydrogen-bond donors (Lipinski definition) is 1. The maximum atomic E-state index is 13.6. The second-order valence-electron chi connectivity index (χ2n) is 6.01. The Morgan fingerprint density at radius 2 is 2.00 bits per heavy atom. The minimum absolute atomic E-state index is 0.0797. The lowest BCUT2D eigenvalue weighted by Crippen LogP contribution is -2.16. The van der Waals surface area contributed by atoms with Gasteiger partial charge in [-0.3, -0.25) is 9.36 Å². The summed E-state index contributed by atoms with van der Waals surface area (Å²) in [6, 6.07) is 15.7. The Balaban J connectivity index is 1.96. The van der Waals surface area contributed by atoms with E-state index in [0.717, 1.165) is 0 Å². The van der Waals surface area contributed by atoms with Crippen LogP contribution in [0.4, 0.5) is 10.2 Å². The summed E-state index contributed by atoms with van der Waals surface area (Å²) in [5, 5.41) is 9.33. The van der Waals surface area contributed by atoms with Crippen LogP contribution in [0, 0.1) is 17.1 Å². The normalized spacial score (nSPS) is 10.6. The summed E-state index contributed by atoms with van der Waals surface area (Å²) in [6.07, 6.45) is 3.07. The Hall–Kier alpha value is -4.18. The quantitative estimate of drug-likeness (QED) is 0.591. The van der Waals surface area contributed by atoms with E-state index in [9.17, 15) is 14.4 Å². The minimum Gasteiger partial charge on any atom is -0.463 e. The number of benzene rings is 1. The number of aromatic nitrogens is 2. The van der Waals surface area contributed by atoms with Gasteiger partial charge in [0.25, 0.3) is 5.56 Å². The Bertz CT molecular complexity index is 1270. The highest BCUT2D eigenvalue weighted by molar-refractivity contribution is 5.81. The molecule has 3 aromatic heterocycles. The van der Waals surface area contributed by atoms with Gasteiger partial charge in [0.05, 0.1) is 17.5 Å². The van der Waals surface area contributed by atoms with Gasteiger partial charge in [-0.1, -0.05) is 6.07 Å². The lowest BCUT2D eigenvalue weighted by Gasteiger charge is -2.12. The number of pyridine rings is 2. The number of hydrogen-bond acceptors (Lipinski definition) is 5. The van der Waals surface area contributed by atoms with Crippen LogP contribution in [0.2, 0.25) is 0 Å². The van der Waals surface area contributed by atoms with Crippen LogP contribution in [0.25, 0.3) is 28.3 Å². The van der Waals surface area contributed by atoms with Crippen LogP contribution < -0.4 is 11.3 Å². The zero-order valence-corrected chi connectivity index (χ0v) is 14.5. The highest BCUT2D eigenvalue weighted by Crippen LogP contribution is 2.33. The van der Waals surface area contributed by atoms with Crippen molar-refractivity contribution in [1.82, 2.24) is 9.55 Å². The Kier molecular flexibility index (Phi) is 4.22. The summed E-state index contributed by atoms with van der Waals surface area (Å²) in [6.45, 7) is 0. The molecule has 0 amide bonds. The standard InChI is InChI=1S/C21H13FN4O2/c22-15-3-1-4-16(10-15)26-12-13(6-7-19(26)27)17-9-14(11-23)21(24)25-20(17)18-5-2-8-28-18/h1-10,12H,(H2,24,25). The molecule has 2 N–H and O–H groups in total. The van der Waals surface area contributed by atoms with Crippen molar-refractivity contribution < 1.29 is 8.81 Å². The average molecular weight is 372 g/mol. The third-order valence-corrected chi connectivity index (χ3v) is 4.24. The van der Waals surface area contributed by atoms with Gasteiger partial charge in [-0.25, -0.2) is 9.37 Å². The van der Waals surface area contributed by atoms with Gasteiger partial charge in [0.2, 0.25) is 0 Å². The summed E-state index contributed by atoms with van der Waals surface area (Å²) in [7, 11) is 0. The van der Waals surface area contributed by atoms with Crippen LogP contribution in [-0.2, 0) is 0 Å². The van der Waals surface area contributed by atoms with Crippen molar-refractivity contribution in [3.63, 3.8) is 0 Å². The molecule has 0 radical (unpaired) electrons. The SMILES string of the molecule is N#Cc1cc(-c2ccc(=O)n(-c3cccc(F)c3)c2)c(-c2ccco2)nc1N. The van der Waals surface area contributed by atoms with Gasteiger partial charge in [-0.15, -0.1) is 0 Å². The second kappa shape index (κ2) is 6.85. The zero-order valence-electron chi connectivity index (χ0n) is 14.5. The van der Waals surface area contributed by atoms with Crippen LogP contribution in [0.1, 0.15) is 5.56 Å². The summed E-state index contributed by atoms with van der Waals surface area (Å²) in [4.78, 5) is 16.7. The molecule has 4 aromatic rings. The van der Waals surface area contributed by atoms with E-state index in [-0.39, 0.29) is 16.9 Å². The molecule has 0 atom stereocenters. The molecule has 0 saturated carbocycles. The third kappa shape index (κ3) is 3.04. The van der Waals surface area contributed by atoms with Gasteiger partial charge in [-0.2, -0.15) is 5.26 Å². The molecule has 4 rings (SSSR count). The van der Waals surface area contributed by atoms with Gasteiger partial charge in [0.15, 0.2) is 5.76 Å². The number of halogens is 1. The van der Waals surface area contributed by atoms with E-state index in [2.05, 4.69) is 4.98 Å². The first-order chi connectivity index (χ1) is 13.6. The molecule has 28 heavy (non-hydrogen) atoms. The largest absolute Gasteiger partial charge is 0.463 e. The average Bonchev–Trinajstić information content (AvgIpc) is 3.23. The fourth-order valence-electron chi connectivity index (χ4n) is 2.91. The van der Waals surface area contributed by atoms with Crippen molar-refractivity contribution >= 4 is 5.82 Å². The molecule has 0 fully saturated rings. The van der Waals surface area contributed by atoms with Gasteiger partial charge < -0.3 is 10.2 Å². The maximum Gasteiger partial charge on any atom is 0.255 e. The van der Waals surface area contributed by atoms with Crippen LogP contribution in [0.5, 0.6) is 0 Å². The van der Waals surface area contributed by atoms with Gasteiger partial charge in [0, 0.05) is 23.4 Å². The topological polar surface area (TPSA) is 97.8 Å². The molecule has 0 bridgehead atoms. The smallest absolute Gasteiger partial charge is 0.255 e. The number of rotatable bonds is 3. The zero-order chi connectivity index (χ0) is 19.7. The van der Waals surface area contributed by atoms with Crippen molar-refractivity contribution in [2.24, 2.45) is 0 Å². The molecule has 6 nitrogen and oxygen atoms in total. The first-order valence-electron chi connectivity index (χ1n) is 8.30. The van der Waals surface area contributed by atoms with Crippen molar-refractivity contribution in [2.45, 2.75) is 0 Å². The number of nitriles is 1. The van der Waals surface area contributed by atoms with E-state index >= 15 is 0 Å². The van der Waals surface area contributed by atoms with E-state index in [4.69, 9.17) is 10.2 Å². The van der Waals surface area contributed by atoms with E-state index in [0.29, 0.717) is 28.3 Å². The molecule has 0 saturated heterocycles. The minimum atomic E-state index is -0.452. The molecule has 3 heterocycles. The molecule has 0 unspecified atom stereocenters. The molecule has 136 valence electrons. The molecule has 0 aliphatic carbocycles. The van der Waals surface area contributed by atoms with Crippen molar-refractivity contribution in [3.8, 4) is 34.3 Å². The number of furan rings is 1. The van der Waals surface area contributed by atoms with Gasteiger partial charge >= 0.3 is 0 Å². The number of nitrogens with zero attached hydrogens (tertiary/aromatic N) is 3. The predicted octanol–water partition coefficient (Wildman–Crippen LogP) is 3.75. The lowest BCUT2D eigenvalue weighted by atomic mass is 10.0. The Labute approximate surface area is 158 Å². The molecule has 7 heteroatoms. The molecule has 1 aromatic carbocycles. The van der Waals surface area contributed by atoms with Crippen molar-refractivity contribution in [2.75, 3.05) is 5.73 Å². The molecular weight excluding hydrogens is 359 g/mol. The first kappa shape index (κ1) is 17.2. The van der Waals surface area contributed by atoms with E-state index in [1.165, 1.54) is 35.1 Å². The highest BCUT2D eigenvalue weighted by Gasteiger charge is 2.16. The van der Waals surface area contributed by atoms with E-state index in [1.54, 1.807) is 36.5 Å². The van der Waals surface area contributed by atoms with Crippen LogP contribution in [0.15, 0.2) is 76.3 Å². The fourth-order valence-corrected chi connectivity index (χ4v) is 2.91. The first-order valence-corrected chi connectivity index (χ1v) is 8.30. The molecule has 0 spiro atoms. The van der Waals surface area contributed by atoms with Crippen molar-refractivity contribution in [1.29, 1.82) is 5.26 Å². The maximum absolute atomic E-state index is 13.6. The monoisotopic (exact) mass is 372 g/mol. The molecule has 0 aliphatic heterocycles. The van der Waals surface area contributed by atoms with Crippen molar-refractivity contribution in [3.05, 3.63) is 88.8 Å². The van der Waals surface area contributed by atoms with Crippen LogP contribution >= 0.6 is 0 Å². The van der Waals surface area contributed by atoms with E-state index in [1.807, 2.05) is 6.07 Å². The summed E-state index contributed by atoms with van der Waals surface area (Å²) in [5.74, 6) is 0.0952. The number of nitrogen functional groups attached to an aromatic ring is 1. The Morgan fingerprint density at radius 3 is 2.71 bits per heavy atom. The molecular formula is C21H13FN4O2. The van der Waals surface area contributed by atoms with Crippen LogP contribution in [0.3, 0.4) is 0 Å². The second-order valence-corrected chi connectivity index (χ2v) is 6.01. The number of nitrogens with two attached hydrogens (primary N) is 1. The number of anilines is 1. The Morgan fingerprint density at radius 1 is 1.14 bits per heavy atom. The van der Waals surface area contributed by atoms with Crippen LogP contribution in [-0.4, -0.2) is 9.55 Å². The summed E-state index contributed by atoms with van der Waals surface area (Å²) < 4.78 is 20.4. The lowest BCUT2D eigenvalue weighted by molar-refractivity contribution is 0.580. The fraction of sp³-hybridized carbons (Fsp3) is 0.